The summed E-state index contributed by atoms with van der Waals surface area (Å²) in [6.07, 6.45) is 4.42. The maximum absolute atomic E-state index is 14.8. The molecule has 200 valence electrons. The van der Waals surface area contributed by atoms with Crippen molar-refractivity contribution in [2.45, 2.75) is 51.3 Å². The second-order valence-electron chi connectivity index (χ2n) is 9.85. The average molecular weight is 540 g/mol. The second kappa shape index (κ2) is 11.2. The Hall–Kier alpha value is -3.27. The number of hydrogen-bond acceptors (Lipinski definition) is 8. The van der Waals surface area contributed by atoms with Gasteiger partial charge in [-0.15, -0.1) is 0 Å². The molecule has 2 N–H and O–H groups in total. The van der Waals surface area contributed by atoms with Crippen molar-refractivity contribution in [1.29, 1.82) is 0 Å². The zero-order valence-corrected chi connectivity index (χ0v) is 22.4. The molecule has 2 bridgehead atoms. The minimum Gasteiger partial charge on any atom is -0.459 e. The van der Waals surface area contributed by atoms with Crippen LogP contribution in [0.3, 0.4) is 0 Å². The Morgan fingerprint density at radius 3 is 2.87 bits per heavy atom. The van der Waals surface area contributed by atoms with Crippen LogP contribution in [0.25, 0.3) is 0 Å². The predicted octanol–water partition coefficient (Wildman–Crippen LogP) is 6.03. The van der Waals surface area contributed by atoms with Crippen LogP contribution in [0, 0.1) is 5.82 Å². The maximum Gasteiger partial charge on any atom is 0.340 e. The van der Waals surface area contributed by atoms with E-state index in [1.165, 1.54) is 41.9 Å². The third-order valence-electron chi connectivity index (χ3n) is 6.98. The van der Waals surface area contributed by atoms with Gasteiger partial charge in [0.1, 0.15) is 10.8 Å². The van der Waals surface area contributed by atoms with Crippen molar-refractivity contribution in [3.8, 4) is 0 Å². The highest BCUT2D eigenvalue weighted by molar-refractivity contribution is 6.33. The van der Waals surface area contributed by atoms with E-state index in [0.717, 1.165) is 25.1 Å². The first-order chi connectivity index (χ1) is 18.3. The van der Waals surface area contributed by atoms with Gasteiger partial charge in [-0.05, 0) is 68.5 Å². The number of halogens is 2. The van der Waals surface area contributed by atoms with Gasteiger partial charge in [0.15, 0.2) is 5.82 Å². The summed E-state index contributed by atoms with van der Waals surface area (Å²) in [4.78, 5) is 23.9. The van der Waals surface area contributed by atoms with Gasteiger partial charge in [-0.3, -0.25) is 4.90 Å². The number of ether oxygens (including phenoxy) is 2. The van der Waals surface area contributed by atoms with Crippen molar-refractivity contribution in [1.82, 2.24) is 14.9 Å². The van der Waals surface area contributed by atoms with Crippen LogP contribution in [0.4, 0.5) is 27.5 Å². The first-order valence-corrected chi connectivity index (χ1v) is 13.2. The number of para-hydroxylation sites is 1. The van der Waals surface area contributed by atoms with Crippen LogP contribution in [-0.4, -0.2) is 53.2 Å². The molecule has 0 saturated carbocycles. The molecule has 0 amide bonds. The number of aromatic nitrogens is 2. The molecule has 2 atom stereocenters. The summed E-state index contributed by atoms with van der Waals surface area (Å²) in [5.41, 5.74) is 3.51. The summed E-state index contributed by atoms with van der Waals surface area (Å²) in [6.45, 7) is 5.09. The number of nitrogens with zero attached hydrogens (tertiary/aromatic N) is 3. The largest absolute Gasteiger partial charge is 0.459 e. The van der Waals surface area contributed by atoms with Crippen molar-refractivity contribution in [2.75, 3.05) is 30.9 Å². The molecule has 2 aliphatic rings. The van der Waals surface area contributed by atoms with E-state index >= 15 is 0 Å². The number of rotatable bonds is 9. The van der Waals surface area contributed by atoms with Crippen LogP contribution >= 0.6 is 11.6 Å². The zero-order chi connectivity index (χ0) is 26.8. The van der Waals surface area contributed by atoms with Crippen molar-refractivity contribution in [3.05, 3.63) is 70.1 Å². The maximum atomic E-state index is 14.8. The summed E-state index contributed by atoms with van der Waals surface area (Å²) in [6, 6.07) is 11.5. The lowest BCUT2D eigenvalue weighted by atomic mass is 9.92. The quantitative estimate of drug-likeness (QED) is 0.319. The van der Waals surface area contributed by atoms with E-state index in [9.17, 15) is 9.18 Å². The second-order valence-corrected chi connectivity index (χ2v) is 10.3. The number of fused-ring (bicyclic) bond motifs is 4. The molecule has 3 aromatic rings. The average Bonchev–Trinajstić information content (AvgIpc) is 3.18. The Bertz CT molecular complexity index is 1340. The van der Waals surface area contributed by atoms with Gasteiger partial charge in [-0.1, -0.05) is 23.7 Å². The molecule has 1 aromatic heterocycles. The van der Waals surface area contributed by atoms with Gasteiger partial charge in [-0.25, -0.2) is 14.2 Å². The highest BCUT2D eigenvalue weighted by atomic mass is 35.5. The van der Waals surface area contributed by atoms with Gasteiger partial charge in [0.25, 0.3) is 0 Å². The Balaban J connectivity index is 1.38. The number of benzene rings is 2. The number of methoxy groups -OCH3 is 1. The molecule has 2 aromatic carbocycles. The molecule has 3 heterocycles. The SMILES string of the molecule is COCCN1C2CCC1c1cc(Nc3ncc(Cl)c(Nc4c(F)cccc4C(=O)OC(C)C)n3)ccc1C2. The lowest BCUT2D eigenvalue weighted by Gasteiger charge is -2.36. The number of carbonyl (C=O) groups excluding carboxylic acids is 1. The van der Waals surface area contributed by atoms with E-state index in [0.29, 0.717) is 18.7 Å². The summed E-state index contributed by atoms with van der Waals surface area (Å²) >= 11 is 6.34. The lowest BCUT2D eigenvalue weighted by molar-refractivity contribution is 0.0378. The number of esters is 1. The van der Waals surface area contributed by atoms with Crippen LogP contribution < -0.4 is 10.6 Å². The number of carbonyl (C=O) groups is 1. The molecule has 2 unspecified atom stereocenters. The fourth-order valence-electron chi connectivity index (χ4n) is 5.31. The minimum atomic E-state index is -0.645. The van der Waals surface area contributed by atoms with Gasteiger partial charge in [-0.2, -0.15) is 4.98 Å². The summed E-state index contributed by atoms with van der Waals surface area (Å²) in [7, 11) is 1.74. The van der Waals surface area contributed by atoms with E-state index in [4.69, 9.17) is 21.1 Å². The molecule has 1 fully saturated rings. The molecule has 0 spiro atoms. The smallest absolute Gasteiger partial charge is 0.340 e. The predicted molar refractivity (Wildman–Crippen MR) is 145 cm³/mol. The number of anilines is 4. The Labute approximate surface area is 226 Å². The normalized spacial score (nSPS) is 18.4. The van der Waals surface area contributed by atoms with Crippen molar-refractivity contribution < 1.29 is 18.7 Å². The molecular weight excluding hydrogens is 509 g/mol. The molecular formula is C28H31ClFN5O3. The summed E-state index contributed by atoms with van der Waals surface area (Å²) in [5, 5.41) is 6.30. The zero-order valence-electron chi connectivity index (χ0n) is 21.6. The highest BCUT2D eigenvalue weighted by Gasteiger charge is 2.39. The van der Waals surface area contributed by atoms with E-state index in [2.05, 4.69) is 37.6 Å². The topological polar surface area (TPSA) is 88.6 Å². The van der Waals surface area contributed by atoms with Gasteiger partial charge < -0.3 is 20.1 Å². The van der Waals surface area contributed by atoms with Crippen LogP contribution in [0.2, 0.25) is 5.02 Å². The monoisotopic (exact) mass is 539 g/mol. The lowest BCUT2D eigenvalue weighted by Crippen LogP contribution is -2.39. The molecule has 5 rings (SSSR count). The third kappa shape index (κ3) is 5.45. The van der Waals surface area contributed by atoms with Gasteiger partial charge in [0, 0.05) is 31.4 Å². The Morgan fingerprint density at radius 1 is 1.24 bits per heavy atom. The van der Waals surface area contributed by atoms with Crippen LogP contribution in [0.5, 0.6) is 0 Å². The van der Waals surface area contributed by atoms with E-state index in [-0.39, 0.29) is 34.1 Å². The van der Waals surface area contributed by atoms with Gasteiger partial charge in [0.2, 0.25) is 5.95 Å². The fourth-order valence-corrected chi connectivity index (χ4v) is 5.45. The minimum absolute atomic E-state index is 0.0467. The first-order valence-electron chi connectivity index (χ1n) is 12.8. The molecule has 0 aliphatic carbocycles. The van der Waals surface area contributed by atoms with Gasteiger partial charge >= 0.3 is 5.97 Å². The molecule has 1 saturated heterocycles. The molecule has 2 aliphatic heterocycles. The third-order valence-corrected chi connectivity index (χ3v) is 7.25. The molecule has 0 radical (unpaired) electrons. The first kappa shape index (κ1) is 26.3. The van der Waals surface area contributed by atoms with E-state index in [1.807, 2.05) is 6.07 Å². The van der Waals surface area contributed by atoms with E-state index < -0.39 is 11.8 Å². The van der Waals surface area contributed by atoms with E-state index in [1.54, 1.807) is 21.0 Å². The summed E-state index contributed by atoms with van der Waals surface area (Å²) in [5.74, 6) is -0.825. The number of nitrogens with one attached hydrogen (secondary N) is 2. The van der Waals surface area contributed by atoms with Crippen LogP contribution in [-0.2, 0) is 15.9 Å². The van der Waals surface area contributed by atoms with Crippen molar-refractivity contribution in [2.24, 2.45) is 0 Å². The fraction of sp³-hybridized carbons (Fsp3) is 0.393. The molecule has 10 heteroatoms. The summed E-state index contributed by atoms with van der Waals surface area (Å²) < 4.78 is 25.4. The molecule has 38 heavy (non-hydrogen) atoms. The Morgan fingerprint density at radius 2 is 2.08 bits per heavy atom. The Kier molecular flexibility index (Phi) is 7.78. The van der Waals surface area contributed by atoms with Crippen molar-refractivity contribution in [3.63, 3.8) is 0 Å². The van der Waals surface area contributed by atoms with Crippen LogP contribution in [0.1, 0.15) is 54.2 Å². The standard InChI is InChI=1S/C28H31ClFN5O3/c1-16(2)38-27(36)20-5-4-6-23(30)25(20)33-26-22(29)15-31-28(34-26)32-18-8-7-17-13-19-9-10-24(21(17)14-18)35(19)11-12-37-3/h4-8,14-16,19,24H,9-13H2,1-3H3,(H2,31,32,33,34). The number of hydrogen-bond donors (Lipinski definition) is 2. The highest BCUT2D eigenvalue weighted by Crippen LogP contribution is 2.44. The molecule has 8 nitrogen and oxygen atoms in total. The van der Waals surface area contributed by atoms with Crippen molar-refractivity contribution >= 4 is 40.7 Å². The van der Waals surface area contributed by atoms with Crippen LogP contribution in [0.15, 0.2) is 42.6 Å². The van der Waals surface area contributed by atoms with Gasteiger partial charge in [0.05, 0.1) is 30.2 Å².